The highest BCUT2D eigenvalue weighted by atomic mass is 35.5. The van der Waals surface area contributed by atoms with Gasteiger partial charge in [-0.15, -0.1) is 0 Å². The quantitative estimate of drug-likeness (QED) is 0.0652. The van der Waals surface area contributed by atoms with Gasteiger partial charge >= 0.3 is 0 Å². The normalized spacial score (nSPS) is 19.2. The highest BCUT2D eigenvalue weighted by Gasteiger charge is 2.63. The third-order valence-electron chi connectivity index (χ3n) is 12.3. The molecule has 60 heavy (non-hydrogen) atoms. The fraction of sp³-hybridized carbons (Fsp3) is 0.413. The van der Waals surface area contributed by atoms with E-state index in [1.165, 1.54) is 19.2 Å². The predicted molar refractivity (Wildman–Crippen MR) is 226 cm³/mol. The lowest BCUT2D eigenvalue weighted by molar-refractivity contribution is -0.196. The van der Waals surface area contributed by atoms with Gasteiger partial charge in [-0.1, -0.05) is 39.3 Å². The monoisotopic (exact) mass is 829 g/mol. The molecule has 0 bridgehead atoms. The summed E-state index contributed by atoms with van der Waals surface area (Å²) in [5.74, 6) is 1.20. The number of ketones is 1. The van der Waals surface area contributed by atoms with Crippen molar-refractivity contribution in [1.29, 1.82) is 10.5 Å². The first-order valence-corrected chi connectivity index (χ1v) is 20.6. The van der Waals surface area contributed by atoms with Crippen LogP contribution in [0.2, 0.25) is 5.02 Å². The molecule has 13 nitrogen and oxygen atoms in total. The number of hydrogen-bond donors (Lipinski definition) is 0. The summed E-state index contributed by atoms with van der Waals surface area (Å²) < 4.78 is 17.6. The minimum Gasteiger partial charge on any atom is -0.494 e. The van der Waals surface area contributed by atoms with Gasteiger partial charge in [-0.25, -0.2) is 14.9 Å². The summed E-state index contributed by atoms with van der Waals surface area (Å²) in [6.45, 7) is 13.6. The molecule has 7 rings (SSSR count). The fourth-order valence-corrected chi connectivity index (χ4v) is 9.42. The molecule has 0 radical (unpaired) electrons. The largest absolute Gasteiger partial charge is 0.494 e. The maximum absolute atomic E-state index is 13.5. The van der Waals surface area contributed by atoms with E-state index in [1.807, 2.05) is 18.2 Å². The van der Waals surface area contributed by atoms with Gasteiger partial charge < -0.3 is 19.1 Å². The number of unbranched alkanes of at least 4 members (excludes halogenated alkanes) is 2. The van der Waals surface area contributed by atoms with Crippen LogP contribution >= 0.6 is 11.6 Å². The maximum Gasteiger partial charge on any atom is 0.266 e. The maximum atomic E-state index is 13.5. The predicted octanol–water partition coefficient (Wildman–Crippen LogP) is 7.76. The number of carbonyl (C=O) groups is 3. The summed E-state index contributed by atoms with van der Waals surface area (Å²) in [4.78, 5) is 54.5. The molecule has 2 fully saturated rings. The molecule has 0 N–H and O–H groups in total. The van der Waals surface area contributed by atoms with Gasteiger partial charge in [-0.2, -0.15) is 10.5 Å². The molecule has 1 saturated heterocycles. The number of nitriles is 2. The van der Waals surface area contributed by atoms with E-state index in [4.69, 9.17) is 36.1 Å². The third-order valence-corrected chi connectivity index (χ3v) is 12.6. The number of methoxy groups -OCH3 is 1. The van der Waals surface area contributed by atoms with E-state index < -0.39 is 11.8 Å². The zero-order valence-electron chi connectivity index (χ0n) is 34.5. The van der Waals surface area contributed by atoms with E-state index in [-0.39, 0.29) is 57.0 Å². The van der Waals surface area contributed by atoms with Crippen molar-refractivity contribution < 1.29 is 28.6 Å². The summed E-state index contributed by atoms with van der Waals surface area (Å²) >= 11 is 6.25. The lowest BCUT2D eigenvalue weighted by Gasteiger charge is -2.63. The Bertz CT molecular complexity index is 2360. The van der Waals surface area contributed by atoms with Gasteiger partial charge in [0.15, 0.2) is 5.78 Å². The third kappa shape index (κ3) is 8.25. The second-order valence-electron chi connectivity index (χ2n) is 16.7. The molecular formula is C46H48ClN7O6. The highest BCUT2D eigenvalue weighted by molar-refractivity contribution is 6.35. The van der Waals surface area contributed by atoms with E-state index in [0.717, 1.165) is 62.7 Å². The van der Waals surface area contributed by atoms with Crippen molar-refractivity contribution in [3.8, 4) is 29.5 Å². The molecule has 2 aliphatic heterocycles. The van der Waals surface area contributed by atoms with Gasteiger partial charge in [0.2, 0.25) is 5.88 Å². The van der Waals surface area contributed by atoms with Crippen molar-refractivity contribution in [2.75, 3.05) is 56.2 Å². The summed E-state index contributed by atoms with van der Waals surface area (Å²) in [5, 5.41) is 18.7. The highest BCUT2D eigenvalue weighted by Crippen LogP contribution is 2.61. The van der Waals surface area contributed by atoms with Crippen LogP contribution in [0.25, 0.3) is 0 Å². The first kappa shape index (κ1) is 42.1. The molecule has 3 aliphatic rings. The van der Waals surface area contributed by atoms with Crippen molar-refractivity contribution in [3.05, 3.63) is 99.8 Å². The number of Topliss-reactive ketones (excluding diaryl/α,β-unsaturated/α-hetero) is 1. The Hall–Kier alpha value is -6.02. The molecule has 310 valence electrons. The van der Waals surface area contributed by atoms with Crippen LogP contribution in [0.3, 0.4) is 0 Å². The lowest BCUT2D eigenvalue weighted by atomic mass is 9.44. The van der Waals surface area contributed by atoms with Gasteiger partial charge in [0.05, 0.1) is 35.4 Å². The number of aromatic nitrogens is 2. The molecule has 2 amide bonds. The number of imide groups is 1. The van der Waals surface area contributed by atoms with Crippen molar-refractivity contribution in [1.82, 2.24) is 14.9 Å². The summed E-state index contributed by atoms with van der Waals surface area (Å²) in [5.41, 5.74) is 1.30. The van der Waals surface area contributed by atoms with Crippen molar-refractivity contribution >= 4 is 40.7 Å². The zero-order valence-corrected chi connectivity index (χ0v) is 35.3. The molecule has 1 aliphatic carbocycles. The van der Waals surface area contributed by atoms with Crippen LogP contribution < -0.4 is 24.0 Å². The smallest absolute Gasteiger partial charge is 0.266 e. The molecular weight excluding hydrogens is 782 g/mol. The van der Waals surface area contributed by atoms with Gasteiger partial charge in [0, 0.05) is 61.3 Å². The Morgan fingerprint density at radius 2 is 1.60 bits per heavy atom. The Morgan fingerprint density at radius 1 is 0.867 bits per heavy atom. The van der Waals surface area contributed by atoms with Crippen LogP contribution in [0.1, 0.15) is 95.7 Å². The van der Waals surface area contributed by atoms with Crippen molar-refractivity contribution in [3.63, 3.8) is 0 Å². The summed E-state index contributed by atoms with van der Waals surface area (Å²) in [6.07, 6.45) is 4.82. The second kappa shape index (κ2) is 17.3. The Labute approximate surface area is 355 Å². The van der Waals surface area contributed by atoms with E-state index in [0.29, 0.717) is 40.7 Å². The van der Waals surface area contributed by atoms with E-state index in [9.17, 15) is 19.6 Å². The number of halogens is 1. The topological polar surface area (TPSA) is 162 Å². The standard InChI is InChI=1S/C46H48ClN7O6/c1-45(2)39(46(3,4)44(45)60-33-12-9-29(26-48)36(47)24-33)25-38(55)30-10-16-40(50-28-30)53-20-18-52(19-21-53)17-7-6-8-22-59-32-13-14-34-35(23-32)43(57)54(42(34)56)37-15-11-31(27-49)51-41(37)58-5/h9-16,23-24,28,39,44H,6-8,17-22,25H2,1-5H3. The number of nitrogens with zero attached hydrogens (tertiary/aromatic N) is 7. The van der Waals surface area contributed by atoms with Gasteiger partial charge in [0.25, 0.3) is 11.8 Å². The van der Waals surface area contributed by atoms with Crippen molar-refractivity contribution in [2.24, 2.45) is 16.7 Å². The molecule has 14 heteroatoms. The molecule has 4 aromatic rings. The molecule has 4 heterocycles. The van der Waals surface area contributed by atoms with E-state index in [1.54, 1.807) is 42.6 Å². The average molecular weight is 830 g/mol. The van der Waals surface area contributed by atoms with Gasteiger partial charge in [-0.3, -0.25) is 19.3 Å². The number of fused-ring (bicyclic) bond motifs is 1. The first-order chi connectivity index (χ1) is 28.8. The average Bonchev–Trinajstić information content (AvgIpc) is 3.50. The van der Waals surface area contributed by atoms with Gasteiger partial charge in [0.1, 0.15) is 46.9 Å². The zero-order chi connectivity index (χ0) is 42.8. The van der Waals surface area contributed by atoms with Crippen molar-refractivity contribution in [2.45, 2.75) is 59.5 Å². The minimum atomic E-state index is -0.503. The number of benzene rings is 2. The van der Waals surface area contributed by atoms with Crippen LogP contribution in [0.4, 0.5) is 11.5 Å². The second-order valence-corrected chi connectivity index (χ2v) is 17.1. The first-order valence-electron chi connectivity index (χ1n) is 20.2. The number of amides is 2. The fourth-order valence-electron chi connectivity index (χ4n) is 9.20. The minimum absolute atomic E-state index is 0.0175. The Morgan fingerprint density at radius 3 is 2.27 bits per heavy atom. The number of ether oxygens (including phenoxy) is 3. The van der Waals surface area contributed by atoms with Gasteiger partial charge in [-0.05, 0) is 86.3 Å². The number of pyridine rings is 2. The summed E-state index contributed by atoms with van der Waals surface area (Å²) in [7, 11) is 1.37. The Balaban J connectivity index is 0.817. The molecule has 2 aromatic heterocycles. The number of anilines is 2. The van der Waals surface area contributed by atoms with E-state index >= 15 is 0 Å². The summed E-state index contributed by atoms with van der Waals surface area (Å²) in [6, 6.07) is 20.8. The van der Waals surface area contributed by atoms with Crippen LogP contribution in [0.15, 0.2) is 66.9 Å². The van der Waals surface area contributed by atoms with Crippen LogP contribution in [-0.4, -0.2) is 85.0 Å². The number of piperazine rings is 1. The van der Waals surface area contributed by atoms with Crippen LogP contribution in [0, 0.1) is 39.4 Å². The molecule has 2 aromatic carbocycles. The number of rotatable bonds is 15. The number of hydrogen-bond acceptors (Lipinski definition) is 12. The van der Waals surface area contributed by atoms with E-state index in [2.05, 4.69) is 48.5 Å². The molecule has 0 spiro atoms. The SMILES string of the molecule is COc1nc(C#N)ccc1N1C(=O)c2ccc(OCCCCCN3CCN(c4ccc(C(=O)CC5C(C)(C)C(Oc6ccc(C#N)c(Cl)c6)C5(C)C)cn4)CC3)cc2C1=O. The Kier molecular flexibility index (Phi) is 12.1. The molecule has 1 saturated carbocycles. The van der Waals surface area contributed by atoms with Crippen LogP contribution in [-0.2, 0) is 0 Å². The molecule has 0 unspecified atom stereocenters. The number of carbonyl (C=O) groups excluding carboxylic acids is 3. The van der Waals surface area contributed by atoms with Crippen LogP contribution in [0.5, 0.6) is 17.4 Å². The lowest BCUT2D eigenvalue weighted by Crippen LogP contribution is -2.66. The molecule has 0 atom stereocenters.